The molecule has 1 atom stereocenters. The van der Waals surface area contributed by atoms with Crippen LogP contribution in [-0.4, -0.2) is 13.1 Å². The summed E-state index contributed by atoms with van der Waals surface area (Å²) in [7, 11) is 0. The van der Waals surface area contributed by atoms with Crippen molar-refractivity contribution in [2.45, 2.75) is 25.4 Å². The zero-order valence-corrected chi connectivity index (χ0v) is 10.1. The van der Waals surface area contributed by atoms with E-state index in [1.807, 2.05) is 0 Å². The normalized spacial score (nSPS) is 20.9. The van der Waals surface area contributed by atoms with Crippen molar-refractivity contribution in [2.75, 3.05) is 18.8 Å². The lowest BCUT2D eigenvalue weighted by molar-refractivity contribution is -0.137. The van der Waals surface area contributed by atoms with Gasteiger partial charge in [0.05, 0.1) is 5.56 Å². The predicted molar refractivity (Wildman–Crippen MR) is 65.2 cm³/mol. The number of nitrogen functional groups attached to an aromatic ring is 1. The molecular formula is C13H17F3N2. The highest BCUT2D eigenvalue weighted by Gasteiger charge is 2.30. The molecule has 1 aromatic rings. The first-order valence-electron chi connectivity index (χ1n) is 6.13. The van der Waals surface area contributed by atoms with Crippen LogP contribution in [0.2, 0.25) is 0 Å². The second kappa shape index (κ2) is 5.18. The van der Waals surface area contributed by atoms with Crippen LogP contribution < -0.4 is 11.1 Å². The van der Waals surface area contributed by atoms with Crippen molar-refractivity contribution in [1.82, 2.24) is 5.32 Å². The molecule has 0 spiro atoms. The molecule has 0 saturated carbocycles. The van der Waals surface area contributed by atoms with Gasteiger partial charge in [-0.2, -0.15) is 13.2 Å². The summed E-state index contributed by atoms with van der Waals surface area (Å²) in [6, 6.07) is 3.65. The summed E-state index contributed by atoms with van der Waals surface area (Å²) in [5, 5.41) is 3.29. The maximum atomic E-state index is 12.5. The number of nitrogens with one attached hydrogen (secondary N) is 1. The summed E-state index contributed by atoms with van der Waals surface area (Å²) < 4.78 is 37.5. The van der Waals surface area contributed by atoms with E-state index < -0.39 is 11.7 Å². The summed E-state index contributed by atoms with van der Waals surface area (Å²) in [5.41, 5.74) is 6.10. The molecule has 0 radical (unpaired) electrons. The Labute approximate surface area is 104 Å². The molecule has 0 bridgehead atoms. The van der Waals surface area contributed by atoms with E-state index in [-0.39, 0.29) is 5.69 Å². The van der Waals surface area contributed by atoms with Gasteiger partial charge >= 0.3 is 6.18 Å². The smallest absolute Gasteiger partial charge is 0.398 e. The number of anilines is 1. The molecule has 100 valence electrons. The third kappa shape index (κ3) is 3.16. The van der Waals surface area contributed by atoms with Crippen LogP contribution >= 0.6 is 0 Å². The van der Waals surface area contributed by atoms with Crippen molar-refractivity contribution in [3.8, 4) is 0 Å². The van der Waals surface area contributed by atoms with Crippen LogP contribution in [0.15, 0.2) is 18.2 Å². The van der Waals surface area contributed by atoms with Crippen LogP contribution in [0.3, 0.4) is 0 Å². The number of piperidine rings is 1. The van der Waals surface area contributed by atoms with Gasteiger partial charge in [0.1, 0.15) is 0 Å². The number of benzene rings is 1. The molecule has 3 N–H and O–H groups in total. The lowest BCUT2D eigenvalue weighted by Crippen LogP contribution is -2.31. The Balaban J connectivity index is 2.09. The number of nitrogens with two attached hydrogens (primary N) is 1. The van der Waals surface area contributed by atoms with E-state index in [1.165, 1.54) is 6.07 Å². The van der Waals surface area contributed by atoms with Gasteiger partial charge in [0.25, 0.3) is 0 Å². The Bertz CT molecular complexity index is 409. The van der Waals surface area contributed by atoms with Gasteiger partial charge in [0, 0.05) is 5.69 Å². The minimum absolute atomic E-state index is 0.246. The fourth-order valence-electron chi connectivity index (χ4n) is 2.37. The Hall–Kier alpha value is -1.23. The average molecular weight is 258 g/mol. The standard InChI is InChI=1S/C13H17F3N2/c14-13(15,16)11-4-3-10(12(17)7-11)6-9-2-1-5-18-8-9/h3-4,7,9,18H,1-2,5-6,8,17H2. The molecule has 1 unspecified atom stereocenters. The van der Waals surface area contributed by atoms with Gasteiger partial charge in [0.15, 0.2) is 0 Å². The molecule has 18 heavy (non-hydrogen) atoms. The summed E-state index contributed by atoms with van der Waals surface area (Å²) in [5.74, 6) is 0.470. The van der Waals surface area contributed by atoms with Crippen LogP contribution in [0.25, 0.3) is 0 Å². The largest absolute Gasteiger partial charge is 0.416 e. The van der Waals surface area contributed by atoms with Crippen molar-refractivity contribution < 1.29 is 13.2 Å². The molecule has 1 fully saturated rings. The number of hydrogen-bond acceptors (Lipinski definition) is 2. The lowest BCUT2D eigenvalue weighted by atomic mass is 9.91. The average Bonchev–Trinajstić information content (AvgIpc) is 2.32. The molecule has 0 aliphatic carbocycles. The fourth-order valence-corrected chi connectivity index (χ4v) is 2.37. The zero-order valence-electron chi connectivity index (χ0n) is 10.1. The van der Waals surface area contributed by atoms with E-state index in [2.05, 4.69) is 5.32 Å². The van der Waals surface area contributed by atoms with E-state index in [0.717, 1.165) is 50.0 Å². The first-order chi connectivity index (χ1) is 8.47. The van der Waals surface area contributed by atoms with E-state index in [9.17, 15) is 13.2 Å². The number of rotatable bonds is 2. The quantitative estimate of drug-likeness (QED) is 0.800. The van der Waals surface area contributed by atoms with Gasteiger partial charge < -0.3 is 11.1 Å². The number of halogens is 3. The van der Waals surface area contributed by atoms with Crippen LogP contribution in [0.5, 0.6) is 0 Å². The van der Waals surface area contributed by atoms with Crippen LogP contribution in [0.1, 0.15) is 24.0 Å². The van der Waals surface area contributed by atoms with Crippen molar-refractivity contribution in [2.24, 2.45) is 5.92 Å². The summed E-state index contributed by atoms with van der Waals surface area (Å²) >= 11 is 0. The first-order valence-corrected chi connectivity index (χ1v) is 6.13. The van der Waals surface area contributed by atoms with Crippen LogP contribution in [0, 0.1) is 5.92 Å². The molecule has 1 aliphatic rings. The summed E-state index contributed by atoms with van der Waals surface area (Å²) in [6.45, 7) is 1.94. The monoisotopic (exact) mass is 258 g/mol. The molecule has 0 amide bonds. The highest BCUT2D eigenvalue weighted by Crippen LogP contribution is 2.32. The molecule has 1 aromatic carbocycles. The van der Waals surface area contributed by atoms with Crippen molar-refractivity contribution in [3.63, 3.8) is 0 Å². The van der Waals surface area contributed by atoms with Crippen molar-refractivity contribution >= 4 is 5.69 Å². The maximum Gasteiger partial charge on any atom is 0.416 e. The predicted octanol–water partition coefficient (Wildman–Crippen LogP) is 2.83. The fraction of sp³-hybridized carbons (Fsp3) is 0.538. The Morgan fingerprint density at radius 2 is 2.11 bits per heavy atom. The van der Waals surface area contributed by atoms with Crippen LogP contribution in [0.4, 0.5) is 18.9 Å². The Morgan fingerprint density at radius 1 is 1.33 bits per heavy atom. The van der Waals surface area contributed by atoms with E-state index in [4.69, 9.17) is 5.73 Å². The highest BCUT2D eigenvalue weighted by atomic mass is 19.4. The van der Waals surface area contributed by atoms with Gasteiger partial charge in [-0.25, -0.2) is 0 Å². The van der Waals surface area contributed by atoms with E-state index in [1.54, 1.807) is 0 Å². The second-order valence-corrected chi connectivity index (χ2v) is 4.83. The number of alkyl halides is 3. The van der Waals surface area contributed by atoms with Crippen LogP contribution in [-0.2, 0) is 12.6 Å². The second-order valence-electron chi connectivity index (χ2n) is 4.83. The third-order valence-corrected chi connectivity index (χ3v) is 3.38. The van der Waals surface area contributed by atoms with Crippen molar-refractivity contribution in [1.29, 1.82) is 0 Å². The molecule has 2 rings (SSSR count). The molecule has 1 saturated heterocycles. The van der Waals surface area contributed by atoms with Gasteiger partial charge in [0.2, 0.25) is 0 Å². The molecular weight excluding hydrogens is 241 g/mol. The maximum absolute atomic E-state index is 12.5. The van der Waals surface area contributed by atoms with Gasteiger partial charge in [-0.15, -0.1) is 0 Å². The topological polar surface area (TPSA) is 38.0 Å². The van der Waals surface area contributed by atoms with E-state index >= 15 is 0 Å². The zero-order chi connectivity index (χ0) is 13.2. The molecule has 5 heteroatoms. The summed E-state index contributed by atoms with van der Waals surface area (Å²) in [4.78, 5) is 0. The van der Waals surface area contributed by atoms with Gasteiger partial charge in [-0.1, -0.05) is 6.07 Å². The number of hydrogen-bond donors (Lipinski definition) is 2. The van der Waals surface area contributed by atoms with Gasteiger partial charge in [-0.3, -0.25) is 0 Å². The lowest BCUT2D eigenvalue weighted by Gasteiger charge is -2.23. The highest BCUT2D eigenvalue weighted by molar-refractivity contribution is 5.50. The first kappa shape index (κ1) is 13.2. The molecule has 1 aliphatic heterocycles. The molecule has 1 heterocycles. The molecule has 2 nitrogen and oxygen atoms in total. The Morgan fingerprint density at radius 3 is 2.67 bits per heavy atom. The Kier molecular flexibility index (Phi) is 3.80. The third-order valence-electron chi connectivity index (χ3n) is 3.38. The summed E-state index contributed by atoms with van der Waals surface area (Å²) in [6.07, 6.45) is -1.35. The SMILES string of the molecule is Nc1cc(C(F)(F)F)ccc1CC1CCCNC1. The molecule has 0 aromatic heterocycles. The van der Waals surface area contributed by atoms with E-state index in [0.29, 0.717) is 5.92 Å². The van der Waals surface area contributed by atoms with Gasteiger partial charge in [-0.05, 0) is 56.0 Å². The minimum atomic E-state index is -4.32. The van der Waals surface area contributed by atoms with Crippen molar-refractivity contribution in [3.05, 3.63) is 29.3 Å². The minimum Gasteiger partial charge on any atom is -0.398 e.